The molecule has 0 fully saturated rings. The van der Waals surface area contributed by atoms with Gasteiger partial charge in [-0.3, -0.25) is 19.2 Å². The van der Waals surface area contributed by atoms with Crippen molar-refractivity contribution in [3.8, 4) is 5.69 Å². The van der Waals surface area contributed by atoms with Gasteiger partial charge in [0.15, 0.2) is 0 Å². The Kier molecular flexibility index (Phi) is 4.23. The van der Waals surface area contributed by atoms with E-state index in [1.165, 1.54) is 4.68 Å². The van der Waals surface area contributed by atoms with Gasteiger partial charge in [0.25, 0.3) is 11.8 Å². The van der Waals surface area contributed by atoms with Crippen LogP contribution in [0.5, 0.6) is 0 Å². The van der Waals surface area contributed by atoms with Crippen LogP contribution in [0.2, 0.25) is 0 Å². The number of nitrogens with one attached hydrogen (secondary N) is 1. The Morgan fingerprint density at radius 3 is 2.67 bits per heavy atom. The monoisotopic (exact) mass is 364 g/mol. The average Bonchev–Trinajstić information content (AvgIpc) is 3.29. The minimum atomic E-state index is -0.631. The fraction of sp³-hybridized carbons (Fsp3) is 0.263. The number of carbonyl (C=O) groups excluding carboxylic acids is 2. The lowest BCUT2D eigenvalue weighted by Gasteiger charge is -2.32. The highest BCUT2D eigenvalue weighted by Crippen LogP contribution is 2.30. The van der Waals surface area contributed by atoms with Crippen molar-refractivity contribution in [2.45, 2.75) is 19.4 Å². The van der Waals surface area contributed by atoms with Crippen LogP contribution in [-0.4, -0.2) is 44.0 Å². The van der Waals surface area contributed by atoms with Gasteiger partial charge in [-0.2, -0.15) is 10.2 Å². The van der Waals surface area contributed by atoms with Gasteiger partial charge >= 0.3 is 0 Å². The second-order valence-electron chi connectivity index (χ2n) is 6.39. The summed E-state index contributed by atoms with van der Waals surface area (Å²) in [4.78, 5) is 27.2. The number of amides is 2. The van der Waals surface area contributed by atoms with Gasteiger partial charge in [0.05, 0.1) is 11.9 Å². The largest absolute Gasteiger partial charge is 0.339 e. The number of rotatable bonds is 4. The maximum absolute atomic E-state index is 13.0. The molecule has 3 aromatic rings. The Balaban J connectivity index is 1.65. The number of aryl methyl sites for hydroxylation is 1. The molecule has 2 amide bonds. The number of nitrogens with zero attached hydrogens (tertiary/aromatic N) is 5. The van der Waals surface area contributed by atoms with E-state index in [-0.39, 0.29) is 11.8 Å². The second kappa shape index (κ2) is 6.71. The summed E-state index contributed by atoms with van der Waals surface area (Å²) in [7, 11) is 1.69. The van der Waals surface area contributed by atoms with Crippen molar-refractivity contribution in [2.24, 2.45) is 7.05 Å². The van der Waals surface area contributed by atoms with E-state index in [9.17, 15) is 9.59 Å². The standard InChI is InChI=1S/C19H20N6O2/c1-3-24-18-13(12-21-25(18)14-7-5-4-6-8-14)11-15(19(24)27)22-17(26)16-9-10-20-23(16)2/h4-10,12,15H,3,11H2,1-2H3,(H,22,26). The zero-order valence-electron chi connectivity index (χ0n) is 15.2. The van der Waals surface area contributed by atoms with Gasteiger partial charge in [0.2, 0.25) is 0 Å². The van der Waals surface area contributed by atoms with Crippen LogP contribution in [0, 0.1) is 0 Å². The Morgan fingerprint density at radius 1 is 1.22 bits per heavy atom. The Morgan fingerprint density at radius 2 is 2.00 bits per heavy atom. The van der Waals surface area contributed by atoms with E-state index in [4.69, 9.17) is 0 Å². The molecule has 3 heterocycles. The summed E-state index contributed by atoms with van der Waals surface area (Å²) in [6.45, 7) is 2.40. The van der Waals surface area contributed by atoms with Crippen molar-refractivity contribution in [3.63, 3.8) is 0 Å². The van der Waals surface area contributed by atoms with E-state index in [0.29, 0.717) is 18.7 Å². The number of aromatic nitrogens is 4. The first-order valence-corrected chi connectivity index (χ1v) is 8.82. The van der Waals surface area contributed by atoms with Gasteiger partial charge in [-0.15, -0.1) is 0 Å². The normalized spacial score (nSPS) is 16.3. The predicted molar refractivity (Wildman–Crippen MR) is 99.8 cm³/mol. The molecule has 1 aliphatic heterocycles. The van der Waals surface area contributed by atoms with Crippen molar-refractivity contribution in [1.82, 2.24) is 24.9 Å². The highest BCUT2D eigenvalue weighted by Gasteiger charge is 2.36. The summed E-state index contributed by atoms with van der Waals surface area (Å²) >= 11 is 0. The van der Waals surface area contributed by atoms with Crippen molar-refractivity contribution < 1.29 is 9.59 Å². The number of carbonyl (C=O) groups is 2. The molecule has 1 aliphatic rings. The maximum Gasteiger partial charge on any atom is 0.270 e. The van der Waals surface area contributed by atoms with Crippen LogP contribution in [0.15, 0.2) is 48.8 Å². The molecule has 0 bridgehead atoms. The first-order chi connectivity index (χ1) is 13.1. The highest BCUT2D eigenvalue weighted by molar-refractivity contribution is 6.03. The minimum Gasteiger partial charge on any atom is -0.339 e. The summed E-state index contributed by atoms with van der Waals surface area (Å²) in [5, 5.41) is 11.3. The minimum absolute atomic E-state index is 0.141. The van der Waals surface area contributed by atoms with Crippen LogP contribution in [0.3, 0.4) is 0 Å². The van der Waals surface area contributed by atoms with E-state index in [1.807, 2.05) is 37.3 Å². The van der Waals surface area contributed by atoms with E-state index in [2.05, 4.69) is 15.5 Å². The molecule has 0 spiro atoms. The van der Waals surface area contributed by atoms with Crippen LogP contribution in [0.1, 0.15) is 23.0 Å². The molecule has 1 N–H and O–H groups in total. The SMILES string of the molecule is CCN1C(=O)C(NC(=O)c2ccnn2C)Cc2cnn(-c3ccccc3)c21. The number of para-hydroxylation sites is 1. The van der Waals surface area contributed by atoms with E-state index < -0.39 is 6.04 Å². The van der Waals surface area contributed by atoms with E-state index in [1.54, 1.807) is 35.1 Å². The third-order valence-electron chi connectivity index (χ3n) is 4.74. The average molecular weight is 364 g/mol. The number of anilines is 1. The van der Waals surface area contributed by atoms with Gasteiger partial charge in [-0.1, -0.05) is 18.2 Å². The quantitative estimate of drug-likeness (QED) is 0.756. The maximum atomic E-state index is 13.0. The topological polar surface area (TPSA) is 85.1 Å². The summed E-state index contributed by atoms with van der Waals surface area (Å²) in [5.74, 6) is 0.307. The van der Waals surface area contributed by atoms with Gasteiger partial charge in [0.1, 0.15) is 17.6 Å². The molecule has 4 rings (SSSR count). The Hall–Kier alpha value is -3.42. The number of hydrogen-bond acceptors (Lipinski definition) is 4. The van der Waals surface area contributed by atoms with Crippen LogP contribution >= 0.6 is 0 Å². The molecule has 27 heavy (non-hydrogen) atoms. The summed E-state index contributed by atoms with van der Waals surface area (Å²) in [6.07, 6.45) is 3.72. The number of fused-ring (bicyclic) bond motifs is 1. The molecule has 8 nitrogen and oxygen atoms in total. The first-order valence-electron chi connectivity index (χ1n) is 8.82. The Bertz CT molecular complexity index is 991. The molecule has 1 atom stereocenters. The molecule has 0 saturated carbocycles. The molecule has 2 aromatic heterocycles. The van der Waals surface area contributed by atoms with Gasteiger partial charge in [-0.05, 0) is 25.1 Å². The van der Waals surface area contributed by atoms with Crippen LogP contribution in [0.25, 0.3) is 5.69 Å². The molecule has 1 aromatic carbocycles. The molecular formula is C19H20N6O2. The highest BCUT2D eigenvalue weighted by atomic mass is 16.2. The molecule has 1 unspecified atom stereocenters. The molecular weight excluding hydrogens is 344 g/mol. The zero-order valence-corrected chi connectivity index (χ0v) is 15.2. The van der Waals surface area contributed by atoms with E-state index >= 15 is 0 Å². The lowest BCUT2D eigenvalue weighted by molar-refractivity contribution is -0.120. The molecule has 0 aliphatic carbocycles. The smallest absolute Gasteiger partial charge is 0.270 e. The third kappa shape index (κ3) is 2.88. The van der Waals surface area contributed by atoms with Gasteiger partial charge in [0, 0.05) is 31.8 Å². The van der Waals surface area contributed by atoms with Crippen molar-refractivity contribution >= 4 is 17.6 Å². The van der Waals surface area contributed by atoms with Crippen molar-refractivity contribution in [1.29, 1.82) is 0 Å². The first kappa shape index (κ1) is 17.0. The van der Waals surface area contributed by atoms with E-state index in [0.717, 1.165) is 17.1 Å². The van der Waals surface area contributed by atoms with Crippen molar-refractivity contribution in [2.75, 3.05) is 11.4 Å². The fourth-order valence-corrected chi connectivity index (χ4v) is 3.41. The lowest BCUT2D eigenvalue weighted by atomic mass is 10.0. The summed E-state index contributed by atoms with van der Waals surface area (Å²) in [5.41, 5.74) is 2.23. The Labute approximate surface area is 156 Å². The molecule has 0 saturated heterocycles. The number of likely N-dealkylation sites (N-methyl/N-ethyl adjacent to an activating group) is 1. The van der Waals surface area contributed by atoms with Crippen LogP contribution in [-0.2, 0) is 18.3 Å². The summed E-state index contributed by atoms with van der Waals surface area (Å²) in [6, 6.07) is 10.7. The van der Waals surface area contributed by atoms with Gasteiger partial charge < -0.3 is 5.32 Å². The second-order valence-corrected chi connectivity index (χ2v) is 6.39. The van der Waals surface area contributed by atoms with Crippen LogP contribution < -0.4 is 10.2 Å². The predicted octanol–water partition coefficient (Wildman–Crippen LogP) is 1.31. The number of benzene rings is 1. The van der Waals surface area contributed by atoms with Gasteiger partial charge in [-0.25, -0.2) is 4.68 Å². The molecule has 138 valence electrons. The van der Waals surface area contributed by atoms with Crippen molar-refractivity contribution in [3.05, 3.63) is 60.0 Å². The lowest BCUT2D eigenvalue weighted by Crippen LogP contribution is -2.53. The molecule has 8 heteroatoms. The van der Waals surface area contributed by atoms with Crippen LogP contribution in [0.4, 0.5) is 5.82 Å². The zero-order chi connectivity index (χ0) is 19.0. The number of hydrogen-bond donors (Lipinski definition) is 1. The molecule has 0 radical (unpaired) electrons. The fourth-order valence-electron chi connectivity index (χ4n) is 3.41. The third-order valence-corrected chi connectivity index (χ3v) is 4.74. The summed E-state index contributed by atoms with van der Waals surface area (Å²) < 4.78 is 3.26.